The summed E-state index contributed by atoms with van der Waals surface area (Å²) in [5, 5.41) is 19.4. The smallest absolute Gasteiger partial charge is 0.207 e. The lowest BCUT2D eigenvalue weighted by Gasteiger charge is -2.14. The predicted molar refractivity (Wildman–Crippen MR) is 80.6 cm³/mol. The summed E-state index contributed by atoms with van der Waals surface area (Å²) in [6, 6.07) is 5.54. The maximum atomic E-state index is 12.9. The van der Waals surface area contributed by atoms with Gasteiger partial charge in [0.1, 0.15) is 11.5 Å². The molecule has 0 unspecified atom stereocenters. The molecule has 5 heteroatoms. The summed E-state index contributed by atoms with van der Waals surface area (Å²) in [6.45, 7) is 6.89. The zero-order chi connectivity index (χ0) is 15.9. The Morgan fingerprint density at radius 2 is 1.05 bits per heavy atom. The van der Waals surface area contributed by atoms with Gasteiger partial charge in [0, 0.05) is 0 Å². The first-order valence-electron chi connectivity index (χ1n) is 6.50. The minimum absolute atomic E-state index is 0.0631. The maximum Gasteiger partial charge on any atom is 0.207 e. The molecule has 0 aliphatic rings. The van der Waals surface area contributed by atoms with Crippen LogP contribution in [-0.2, 0) is 9.84 Å². The highest BCUT2D eigenvalue weighted by Crippen LogP contribution is 2.33. The Labute approximate surface area is 124 Å². The number of aromatic hydroxyl groups is 2. The van der Waals surface area contributed by atoms with Gasteiger partial charge in [0.25, 0.3) is 0 Å². The second kappa shape index (κ2) is 5.07. The molecule has 2 aromatic rings. The molecule has 21 heavy (non-hydrogen) atoms. The second-order valence-corrected chi connectivity index (χ2v) is 7.16. The van der Waals surface area contributed by atoms with Crippen LogP contribution in [0.2, 0.25) is 0 Å². The first-order chi connectivity index (χ1) is 9.64. The van der Waals surface area contributed by atoms with E-state index in [1.165, 1.54) is 24.3 Å². The lowest BCUT2D eigenvalue weighted by Crippen LogP contribution is -2.08. The molecule has 112 valence electrons. The van der Waals surface area contributed by atoms with Crippen LogP contribution >= 0.6 is 0 Å². The van der Waals surface area contributed by atoms with Gasteiger partial charge in [-0.2, -0.15) is 0 Å². The summed E-state index contributed by atoms with van der Waals surface area (Å²) in [5.41, 5.74) is 2.58. The van der Waals surface area contributed by atoms with E-state index in [2.05, 4.69) is 0 Å². The molecule has 0 aromatic heterocycles. The average molecular weight is 306 g/mol. The quantitative estimate of drug-likeness (QED) is 0.893. The van der Waals surface area contributed by atoms with E-state index in [0.717, 1.165) is 0 Å². The Balaban J connectivity index is 2.81. The number of sulfone groups is 1. The first kappa shape index (κ1) is 15.4. The van der Waals surface area contributed by atoms with E-state index in [0.29, 0.717) is 22.3 Å². The summed E-state index contributed by atoms with van der Waals surface area (Å²) in [6.07, 6.45) is 0. The Morgan fingerprint density at radius 1 is 0.714 bits per heavy atom. The number of phenols is 2. The lowest BCUT2D eigenvalue weighted by molar-refractivity contribution is 0.471. The molecule has 0 heterocycles. The van der Waals surface area contributed by atoms with Crippen LogP contribution in [0.15, 0.2) is 34.1 Å². The van der Waals surface area contributed by atoms with Crippen LogP contribution < -0.4 is 0 Å². The highest BCUT2D eigenvalue weighted by atomic mass is 32.2. The van der Waals surface area contributed by atoms with Crippen LogP contribution in [0, 0.1) is 27.7 Å². The Kier molecular flexibility index (Phi) is 3.72. The zero-order valence-electron chi connectivity index (χ0n) is 12.4. The fourth-order valence-electron chi connectivity index (χ4n) is 2.29. The van der Waals surface area contributed by atoms with Gasteiger partial charge >= 0.3 is 0 Å². The van der Waals surface area contributed by atoms with Gasteiger partial charge < -0.3 is 10.2 Å². The molecule has 0 fully saturated rings. The molecular weight excluding hydrogens is 288 g/mol. The molecule has 0 atom stereocenters. The average Bonchev–Trinajstić information content (AvgIpc) is 2.37. The second-order valence-electron chi connectivity index (χ2n) is 5.28. The molecule has 4 nitrogen and oxygen atoms in total. The van der Waals surface area contributed by atoms with Crippen LogP contribution in [0.3, 0.4) is 0 Å². The molecule has 0 aliphatic heterocycles. The van der Waals surface area contributed by atoms with Crippen molar-refractivity contribution in [3.8, 4) is 11.5 Å². The van der Waals surface area contributed by atoms with Crippen LogP contribution in [-0.4, -0.2) is 18.6 Å². The van der Waals surface area contributed by atoms with E-state index >= 15 is 0 Å². The van der Waals surface area contributed by atoms with Gasteiger partial charge in [0.05, 0.1) is 9.79 Å². The standard InChI is InChI=1S/C16H18O4S/c1-9-5-13(17)7-15(11(9)3)21(19,20)16-8-14(18)6-10(2)12(16)4/h5-8,17-18H,1-4H3. The summed E-state index contributed by atoms with van der Waals surface area (Å²) in [5.74, 6) is -0.183. The number of benzene rings is 2. The van der Waals surface area contributed by atoms with Gasteiger partial charge in [-0.25, -0.2) is 8.42 Å². The monoisotopic (exact) mass is 306 g/mol. The van der Waals surface area contributed by atoms with E-state index in [1.54, 1.807) is 27.7 Å². The van der Waals surface area contributed by atoms with E-state index in [1.807, 2.05) is 0 Å². The van der Waals surface area contributed by atoms with Crippen molar-refractivity contribution >= 4 is 9.84 Å². The molecule has 0 radical (unpaired) electrons. The molecule has 0 amide bonds. The molecule has 0 bridgehead atoms. The SMILES string of the molecule is Cc1cc(O)cc(S(=O)(=O)c2cc(O)cc(C)c2C)c1C. The van der Waals surface area contributed by atoms with Gasteiger partial charge in [-0.15, -0.1) is 0 Å². The van der Waals surface area contributed by atoms with Crippen molar-refractivity contribution in [2.75, 3.05) is 0 Å². The highest BCUT2D eigenvalue weighted by Gasteiger charge is 2.24. The molecule has 2 N–H and O–H groups in total. The third-order valence-electron chi connectivity index (χ3n) is 3.79. The van der Waals surface area contributed by atoms with Gasteiger partial charge in [0.2, 0.25) is 9.84 Å². The third-order valence-corrected chi connectivity index (χ3v) is 5.79. The molecule has 2 rings (SSSR count). The topological polar surface area (TPSA) is 74.6 Å². The molecule has 0 aliphatic carbocycles. The minimum Gasteiger partial charge on any atom is -0.508 e. The molecular formula is C16H18O4S. The molecule has 0 saturated heterocycles. The summed E-state index contributed by atoms with van der Waals surface area (Å²) in [4.78, 5) is 0.126. The van der Waals surface area contributed by atoms with E-state index < -0.39 is 9.84 Å². The van der Waals surface area contributed by atoms with Gasteiger partial charge in [-0.1, -0.05) is 0 Å². The Hall–Kier alpha value is -2.01. The highest BCUT2D eigenvalue weighted by molar-refractivity contribution is 7.91. The van der Waals surface area contributed by atoms with Crippen molar-refractivity contribution < 1.29 is 18.6 Å². The molecule has 0 spiro atoms. The molecule has 2 aromatic carbocycles. The fraction of sp³-hybridized carbons (Fsp3) is 0.250. The number of hydrogen-bond acceptors (Lipinski definition) is 4. The predicted octanol–water partition coefficient (Wildman–Crippen LogP) is 3.16. The van der Waals surface area contributed by atoms with Gasteiger partial charge in [-0.05, 0) is 74.2 Å². The van der Waals surface area contributed by atoms with Crippen molar-refractivity contribution in [3.63, 3.8) is 0 Å². The Morgan fingerprint density at radius 3 is 1.38 bits per heavy atom. The van der Waals surface area contributed by atoms with E-state index in [4.69, 9.17) is 0 Å². The number of rotatable bonds is 2. The number of aryl methyl sites for hydroxylation is 2. The minimum atomic E-state index is -3.81. The maximum absolute atomic E-state index is 12.9. The molecule has 0 saturated carbocycles. The summed E-state index contributed by atoms with van der Waals surface area (Å²) in [7, 11) is -3.81. The van der Waals surface area contributed by atoms with Gasteiger partial charge in [0.15, 0.2) is 0 Å². The zero-order valence-corrected chi connectivity index (χ0v) is 13.2. The number of hydrogen-bond donors (Lipinski definition) is 2. The van der Waals surface area contributed by atoms with E-state index in [9.17, 15) is 18.6 Å². The summed E-state index contributed by atoms with van der Waals surface area (Å²) >= 11 is 0. The van der Waals surface area contributed by atoms with Crippen LogP contribution in [0.5, 0.6) is 11.5 Å². The summed E-state index contributed by atoms with van der Waals surface area (Å²) < 4.78 is 25.7. The van der Waals surface area contributed by atoms with Crippen molar-refractivity contribution in [1.82, 2.24) is 0 Å². The lowest BCUT2D eigenvalue weighted by atomic mass is 10.1. The van der Waals surface area contributed by atoms with Gasteiger partial charge in [-0.3, -0.25) is 0 Å². The fourth-order valence-corrected chi connectivity index (χ4v) is 4.21. The van der Waals surface area contributed by atoms with Crippen LogP contribution in [0.25, 0.3) is 0 Å². The normalized spacial score (nSPS) is 11.6. The number of phenolic OH excluding ortho intramolecular Hbond substituents is 2. The van der Waals surface area contributed by atoms with E-state index in [-0.39, 0.29) is 21.3 Å². The van der Waals surface area contributed by atoms with Crippen molar-refractivity contribution in [3.05, 3.63) is 46.5 Å². The van der Waals surface area contributed by atoms with Crippen LogP contribution in [0.4, 0.5) is 0 Å². The van der Waals surface area contributed by atoms with Crippen molar-refractivity contribution in [2.24, 2.45) is 0 Å². The third kappa shape index (κ3) is 2.61. The first-order valence-corrected chi connectivity index (χ1v) is 7.98. The van der Waals surface area contributed by atoms with Crippen molar-refractivity contribution in [1.29, 1.82) is 0 Å². The van der Waals surface area contributed by atoms with Crippen LogP contribution in [0.1, 0.15) is 22.3 Å². The van der Waals surface area contributed by atoms with Crippen molar-refractivity contribution in [2.45, 2.75) is 37.5 Å². The largest absolute Gasteiger partial charge is 0.508 e. The Bertz CT molecular complexity index is 757.